The van der Waals surface area contributed by atoms with E-state index in [1.807, 2.05) is 20.8 Å². The molecule has 0 rings (SSSR count). The zero-order valence-corrected chi connectivity index (χ0v) is 7.40. The van der Waals surface area contributed by atoms with Gasteiger partial charge in [0.1, 0.15) is 0 Å². The van der Waals surface area contributed by atoms with Gasteiger partial charge in [0.15, 0.2) is 0 Å². The van der Waals surface area contributed by atoms with Gasteiger partial charge in [-0.3, -0.25) is 5.32 Å². The van der Waals surface area contributed by atoms with E-state index in [4.69, 9.17) is 0 Å². The topological polar surface area (TPSA) is 53.2 Å². The second-order valence-corrected chi connectivity index (χ2v) is 2.57. The molecule has 11 heavy (non-hydrogen) atoms. The average molecular weight is 159 g/mol. The van der Waals surface area contributed by atoms with E-state index < -0.39 is 0 Å². The summed E-state index contributed by atoms with van der Waals surface area (Å²) in [5, 5.41) is 8.35. The summed E-state index contributed by atoms with van der Waals surface area (Å²) in [4.78, 5) is 10.8. The van der Waals surface area contributed by atoms with Gasteiger partial charge >= 0.3 is 6.03 Å². The van der Waals surface area contributed by atoms with Gasteiger partial charge in [-0.2, -0.15) is 0 Å². The molecule has 0 saturated heterocycles. The molecule has 0 aromatic heterocycles. The Morgan fingerprint density at radius 2 is 2.00 bits per heavy atom. The lowest BCUT2D eigenvalue weighted by Gasteiger charge is -2.09. The molecule has 0 aliphatic carbocycles. The number of urea groups is 1. The molecule has 0 heterocycles. The van der Waals surface area contributed by atoms with Crippen molar-refractivity contribution in [3.63, 3.8) is 0 Å². The maximum atomic E-state index is 10.8. The van der Waals surface area contributed by atoms with Crippen LogP contribution in [0.15, 0.2) is 0 Å². The smallest absolute Gasteiger partial charge is 0.315 e. The Balaban J connectivity index is 3.17. The third kappa shape index (κ3) is 7.12. The van der Waals surface area contributed by atoms with Crippen LogP contribution >= 0.6 is 0 Å². The first-order valence-corrected chi connectivity index (χ1v) is 3.92. The van der Waals surface area contributed by atoms with Gasteiger partial charge in [-0.15, -0.1) is 0 Å². The van der Waals surface area contributed by atoms with Crippen molar-refractivity contribution in [1.29, 1.82) is 0 Å². The van der Waals surface area contributed by atoms with Crippen LogP contribution in [0, 0.1) is 0 Å². The summed E-state index contributed by atoms with van der Waals surface area (Å²) < 4.78 is 0. The highest BCUT2D eigenvalue weighted by Crippen LogP contribution is 1.71. The van der Waals surface area contributed by atoms with Crippen molar-refractivity contribution in [3.05, 3.63) is 0 Å². The fraction of sp³-hybridized carbons (Fsp3) is 0.857. The number of hydrogen-bond donors (Lipinski definition) is 3. The largest absolute Gasteiger partial charge is 0.338 e. The van der Waals surface area contributed by atoms with E-state index in [1.54, 1.807) is 0 Å². The summed E-state index contributed by atoms with van der Waals surface area (Å²) in [5.41, 5.74) is 0. The van der Waals surface area contributed by atoms with Crippen LogP contribution in [0.5, 0.6) is 0 Å². The second-order valence-electron chi connectivity index (χ2n) is 2.57. The van der Waals surface area contributed by atoms with E-state index in [-0.39, 0.29) is 6.03 Å². The highest BCUT2D eigenvalue weighted by atomic mass is 16.2. The molecule has 0 radical (unpaired) electrons. The molecule has 0 aromatic rings. The molecule has 0 aliphatic heterocycles. The van der Waals surface area contributed by atoms with Crippen molar-refractivity contribution < 1.29 is 4.79 Å². The molecule has 0 spiro atoms. The number of nitrogens with one attached hydrogen (secondary N) is 3. The van der Waals surface area contributed by atoms with Crippen LogP contribution in [0.4, 0.5) is 4.79 Å². The van der Waals surface area contributed by atoms with Crippen molar-refractivity contribution in [1.82, 2.24) is 16.0 Å². The molecule has 66 valence electrons. The zero-order chi connectivity index (χ0) is 8.69. The summed E-state index contributed by atoms with van der Waals surface area (Å²) >= 11 is 0. The van der Waals surface area contributed by atoms with Gasteiger partial charge in [0.25, 0.3) is 0 Å². The molecule has 4 nitrogen and oxygen atoms in total. The molecular formula is C7H17N3O. The third-order valence-corrected chi connectivity index (χ3v) is 1.10. The molecule has 0 unspecified atom stereocenters. The first-order valence-electron chi connectivity index (χ1n) is 3.92. The summed E-state index contributed by atoms with van der Waals surface area (Å²) in [5.74, 6) is 0. The van der Waals surface area contributed by atoms with Gasteiger partial charge in [0.05, 0.1) is 6.67 Å². The fourth-order valence-corrected chi connectivity index (χ4v) is 0.558. The molecule has 0 fully saturated rings. The molecule has 0 aliphatic rings. The minimum atomic E-state index is -0.124. The quantitative estimate of drug-likeness (QED) is 0.515. The first-order chi connectivity index (χ1) is 5.16. The van der Waals surface area contributed by atoms with Gasteiger partial charge in [0, 0.05) is 12.6 Å². The van der Waals surface area contributed by atoms with Crippen molar-refractivity contribution in [2.75, 3.05) is 13.2 Å². The Kier molecular flexibility index (Phi) is 5.56. The molecule has 0 atom stereocenters. The molecule has 0 bridgehead atoms. The maximum absolute atomic E-state index is 10.8. The van der Waals surface area contributed by atoms with E-state index in [2.05, 4.69) is 16.0 Å². The second kappa shape index (κ2) is 5.97. The predicted octanol–water partition coefficient (Wildman–Crippen LogP) is 0.261. The zero-order valence-electron chi connectivity index (χ0n) is 7.40. The Bertz CT molecular complexity index is 114. The number of carbonyl (C=O) groups excluding carboxylic acids is 1. The van der Waals surface area contributed by atoms with Gasteiger partial charge in [-0.25, -0.2) is 4.79 Å². The first kappa shape index (κ1) is 10.2. The van der Waals surface area contributed by atoms with E-state index in [1.165, 1.54) is 0 Å². The van der Waals surface area contributed by atoms with E-state index in [9.17, 15) is 4.79 Å². The lowest BCUT2D eigenvalue weighted by Crippen LogP contribution is -2.42. The monoisotopic (exact) mass is 159 g/mol. The van der Waals surface area contributed by atoms with Crippen LogP contribution in [0.2, 0.25) is 0 Å². The van der Waals surface area contributed by atoms with Gasteiger partial charge in [-0.05, 0) is 20.8 Å². The van der Waals surface area contributed by atoms with Gasteiger partial charge in [0.2, 0.25) is 0 Å². The van der Waals surface area contributed by atoms with Gasteiger partial charge < -0.3 is 10.6 Å². The number of hydrogen-bond acceptors (Lipinski definition) is 2. The normalized spacial score (nSPS) is 9.82. The Morgan fingerprint density at radius 3 is 2.45 bits per heavy atom. The van der Waals surface area contributed by atoms with E-state index in [0.29, 0.717) is 19.3 Å². The molecular weight excluding hydrogens is 142 g/mol. The summed E-state index contributed by atoms with van der Waals surface area (Å²) in [7, 11) is 0. The van der Waals surface area contributed by atoms with E-state index in [0.717, 1.165) is 0 Å². The lowest BCUT2D eigenvalue weighted by atomic mass is 10.4. The SMILES string of the molecule is CCNC(=O)NCNC(C)C. The highest BCUT2D eigenvalue weighted by Gasteiger charge is 1.95. The van der Waals surface area contributed by atoms with E-state index >= 15 is 0 Å². The van der Waals surface area contributed by atoms with Crippen molar-refractivity contribution in [2.45, 2.75) is 26.8 Å². The standard InChI is InChI=1S/C7H17N3O/c1-4-8-7(11)10-5-9-6(2)3/h6,9H,4-5H2,1-3H3,(H2,8,10,11). The van der Waals surface area contributed by atoms with Gasteiger partial charge in [-0.1, -0.05) is 0 Å². The molecule has 4 heteroatoms. The predicted molar refractivity (Wildman–Crippen MR) is 45.3 cm³/mol. The average Bonchev–Trinajstić information content (AvgIpc) is 1.87. The summed E-state index contributed by atoms with van der Waals surface area (Å²) in [6.07, 6.45) is 0. The molecule has 0 saturated carbocycles. The van der Waals surface area contributed by atoms with Crippen molar-refractivity contribution in [3.8, 4) is 0 Å². The van der Waals surface area contributed by atoms with Crippen molar-refractivity contribution >= 4 is 6.03 Å². The highest BCUT2D eigenvalue weighted by molar-refractivity contribution is 5.73. The minimum Gasteiger partial charge on any atom is -0.338 e. The Hall–Kier alpha value is -0.770. The number of carbonyl (C=O) groups is 1. The third-order valence-electron chi connectivity index (χ3n) is 1.10. The number of rotatable bonds is 4. The lowest BCUT2D eigenvalue weighted by molar-refractivity contribution is 0.240. The maximum Gasteiger partial charge on any atom is 0.315 e. The Morgan fingerprint density at radius 1 is 1.36 bits per heavy atom. The van der Waals surface area contributed by atoms with Crippen LogP contribution in [0.25, 0.3) is 0 Å². The van der Waals surface area contributed by atoms with Crippen LogP contribution in [-0.2, 0) is 0 Å². The Labute approximate surface area is 67.7 Å². The fourth-order valence-electron chi connectivity index (χ4n) is 0.558. The van der Waals surface area contributed by atoms with Crippen molar-refractivity contribution in [2.24, 2.45) is 0 Å². The van der Waals surface area contributed by atoms with Crippen LogP contribution in [-0.4, -0.2) is 25.3 Å². The van der Waals surface area contributed by atoms with Crippen LogP contribution < -0.4 is 16.0 Å². The molecule has 2 amide bonds. The molecule has 3 N–H and O–H groups in total. The summed E-state index contributed by atoms with van der Waals surface area (Å²) in [6.45, 7) is 7.12. The van der Waals surface area contributed by atoms with Crippen LogP contribution in [0.3, 0.4) is 0 Å². The van der Waals surface area contributed by atoms with Crippen LogP contribution in [0.1, 0.15) is 20.8 Å². The molecule has 0 aromatic carbocycles. The minimum absolute atomic E-state index is 0.124. The summed E-state index contributed by atoms with van der Waals surface area (Å²) in [6, 6.07) is 0.276. The number of amides is 2.